The van der Waals surface area contributed by atoms with Crippen molar-refractivity contribution in [3.05, 3.63) is 42.2 Å². The van der Waals surface area contributed by atoms with Crippen molar-refractivity contribution in [2.24, 2.45) is 0 Å². The number of aromatic nitrogens is 1. The normalized spacial score (nSPS) is 9.46. The molecule has 2 rings (SSSR count). The second-order valence-electron chi connectivity index (χ2n) is 2.67. The van der Waals surface area contributed by atoms with Gasteiger partial charge in [-0.3, -0.25) is 0 Å². The van der Waals surface area contributed by atoms with Crippen LogP contribution in [0.2, 0.25) is 0 Å². The summed E-state index contributed by atoms with van der Waals surface area (Å²) in [5.74, 6) is 0. The van der Waals surface area contributed by atoms with Crippen LogP contribution in [0.25, 0.3) is 5.52 Å². The first-order valence-electron chi connectivity index (χ1n) is 4.97. The Morgan fingerprint density at radius 1 is 1.08 bits per heavy atom. The Balaban J connectivity index is 0.000000396. The van der Waals surface area contributed by atoms with E-state index in [0.29, 0.717) is 0 Å². The fraction of sp³-hybridized carbons (Fsp3) is 0.333. The summed E-state index contributed by atoms with van der Waals surface area (Å²) in [6.07, 6.45) is 3.19. The third-order valence-corrected chi connectivity index (χ3v) is 2.01. The van der Waals surface area contributed by atoms with Gasteiger partial charge < -0.3 is 4.40 Å². The predicted molar refractivity (Wildman–Crippen MR) is 58.1 cm³/mol. The zero-order chi connectivity index (χ0) is 9.68. The second-order valence-corrected chi connectivity index (χ2v) is 2.67. The van der Waals surface area contributed by atoms with Gasteiger partial charge in [0.1, 0.15) is 0 Å². The summed E-state index contributed by atoms with van der Waals surface area (Å²) < 4.78 is 2.22. The van der Waals surface area contributed by atoms with E-state index in [1.807, 2.05) is 13.8 Å². The average Bonchev–Trinajstić information content (AvgIpc) is 2.68. The van der Waals surface area contributed by atoms with Crippen LogP contribution in [-0.4, -0.2) is 4.40 Å². The van der Waals surface area contributed by atoms with Crippen molar-refractivity contribution in [1.29, 1.82) is 0 Å². The fourth-order valence-electron chi connectivity index (χ4n) is 1.42. The lowest BCUT2D eigenvalue weighted by molar-refractivity contribution is 0.984. The molecular weight excluding hydrogens is 158 g/mol. The quantitative estimate of drug-likeness (QED) is 0.624. The summed E-state index contributed by atoms with van der Waals surface area (Å²) >= 11 is 0. The summed E-state index contributed by atoms with van der Waals surface area (Å²) in [5, 5.41) is 0. The van der Waals surface area contributed by atoms with Crippen molar-refractivity contribution in [3.8, 4) is 0 Å². The maximum absolute atomic E-state index is 2.22. The van der Waals surface area contributed by atoms with Crippen molar-refractivity contribution < 1.29 is 0 Å². The molecule has 13 heavy (non-hydrogen) atoms. The third kappa shape index (κ3) is 1.92. The number of fused-ring (bicyclic) bond motifs is 1. The highest BCUT2D eigenvalue weighted by Crippen LogP contribution is 2.08. The second kappa shape index (κ2) is 4.70. The number of rotatable bonds is 1. The zero-order valence-electron chi connectivity index (χ0n) is 8.62. The SMILES string of the molecule is CC.CCc1cccc2cccn12. The van der Waals surface area contributed by atoms with Crippen LogP contribution < -0.4 is 0 Å². The summed E-state index contributed by atoms with van der Waals surface area (Å²) in [6, 6.07) is 10.6. The van der Waals surface area contributed by atoms with Crippen LogP contribution in [0.5, 0.6) is 0 Å². The Morgan fingerprint density at radius 3 is 2.46 bits per heavy atom. The molecule has 0 fully saturated rings. The maximum atomic E-state index is 2.22. The van der Waals surface area contributed by atoms with Gasteiger partial charge in [0.15, 0.2) is 0 Å². The van der Waals surface area contributed by atoms with E-state index < -0.39 is 0 Å². The Hall–Kier alpha value is -1.24. The number of hydrogen-bond donors (Lipinski definition) is 0. The highest BCUT2D eigenvalue weighted by molar-refractivity contribution is 5.48. The molecule has 2 aromatic heterocycles. The first-order chi connectivity index (χ1) is 6.42. The predicted octanol–water partition coefficient (Wildman–Crippen LogP) is 3.53. The van der Waals surface area contributed by atoms with Gasteiger partial charge in [-0.15, -0.1) is 0 Å². The van der Waals surface area contributed by atoms with Crippen LogP contribution in [-0.2, 0) is 6.42 Å². The molecule has 0 atom stereocenters. The molecule has 2 heterocycles. The Morgan fingerprint density at radius 2 is 1.77 bits per heavy atom. The lowest BCUT2D eigenvalue weighted by atomic mass is 10.3. The fourth-order valence-corrected chi connectivity index (χ4v) is 1.42. The highest BCUT2D eigenvalue weighted by Gasteiger charge is 1.94. The van der Waals surface area contributed by atoms with Crippen LogP contribution in [0.15, 0.2) is 36.5 Å². The lowest BCUT2D eigenvalue weighted by Gasteiger charge is -2.01. The van der Waals surface area contributed by atoms with Gasteiger partial charge in [0, 0.05) is 17.4 Å². The van der Waals surface area contributed by atoms with Gasteiger partial charge in [-0.2, -0.15) is 0 Å². The largest absolute Gasteiger partial charge is 0.321 e. The highest BCUT2D eigenvalue weighted by atomic mass is 14.9. The standard InChI is InChI=1S/C10H11N.C2H6/c1-2-9-5-3-6-10-7-4-8-11(9)10;1-2/h3-8H,2H2,1H3;1-2H3. The molecule has 0 bridgehead atoms. The van der Waals surface area contributed by atoms with E-state index >= 15 is 0 Å². The Bertz CT molecular complexity index is 360. The number of nitrogens with zero attached hydrogens (tertiary/aromatic N) is 1. The van der Waals surface area contributed by atoms with Crippen molar-refractivity contribution in [3.63, 3.8) is 0 Å². The first-order valence-corrected chi connectivity index (χ1v) is 4.97. The average molecular weight is 175 g/mol. The van der Waals surface area contributed by atoms with Crippen LogP contribution in [0.3, 0.4) is 0 Å². The molecule has 70 valence electrons. The van der Waals surface area contributed by atoms with E-state index in [1.54, 1.807) is 0 Å². The molecule has 0 aliphatic heterocycles. The Labute approximate surface area is 80.0 Å². The molecule has 1 heteroatoms. The van der Waals surface area contributed by atoms with Crippen molar-refractivity contribution in [2.45, 2.75) is 27.2 Å². The molecule has 0 aliphatic rings. The molecule has 0 spiro atoms. The minimum Gasteiger partial charge on any atom is -0.321 e. The lowest BCUT2D eigenvalue weighted by Crippen LogP contribution is -1.91. The summed E-state index contributed by atoms with van der Waals surface area (Å²) in [4.78, 5) is 0. The van der Waals surface area contributed by atoms with Gasteiger partial charge in [-0.25, -0.2) is 0 Å². The molecular formula is C12H17N. The zero-order valence-corrected chi connectivity index (χ0v) is 8.62. The van der Waals surface area contributed by atoms with Crippen molar-refractivity contribution >= 4 is 5.52 Å². The Kier molecular flexibility index (Phi) is 3.56. The van der Waals surface area contributed by atoms with Gasteiger partial charge in [-0.05, 0) is 30.7 Å². The number of pyridine rings is 1. The van der Waals surface area contributed by atoms with Crippen molar-refractivity contribution in [1.82, 2.24) is 4.40 Å². The minimum atomic E-state index is 1.09. The van der Waals surface area contributed by atoms with Crippen molar-refractivity contribution in [2.75, 3.05) is 0 Å². The summed E-state index contributed by atoms with van der Waals surface area (Å²) in [5.41, 5.74) is 2.65. The molecule has 0 aliphatic carbocycles. The van der Waals surface area contributed by atoms with E-state index in [2.05, 4.69) is 47.9 Å². The topological polar surface area (TPSA) is 4.41 Å². The van der Waals surface area contributed by atoms with E-state index in [9.17, 15) is 0 Å². The van der Waals surface area contributed by atoms with Crippen LogP contribution in [0.1, 0.15) is 26.5 Å². The van der Waals surface area contributed by atoms with Crippen LogP contribution in [0, 0.1) is 0 Å². The van der Waals surface area contributed by atoms with E-state index in [1.165, 1.54) is 11.2 Å². The van der Waals surface area contributed by atoms with E-state index in [4.69, 9.17) is 0 Å². The monoisotopic (exact) mass is 175 g/mol. The van der Waals surface area contributed by atoms with Gasteiger partial charge in [0.2, 0.25) is 0 Å². The molecule has 0 unspecified atom stereocenters. The molecule has 0 radical (unpaired) electrons. The molecule has 0 saturated carbocycles. The van der Waals surface area contributed by atoms with Gasteiger partial charge >= 0.3 is 0 Å². The summed E-state index contributed by atoms with van der Waals surface area (Å²) in [7, 11) is 0. The molecule has 1 nitrogen and oxygen atoms in total. The number of hydrogen-bond acceptors (Lipinski definition) is 0. The molecule has 0 saturated heterocycles. The van der Waals surface area contributed by atoms with E-state index in [-0.39, 0.29) is 0 Å². The van der Waals surface area contributed by atoms with Crippen LogP contribution in [0.4, 0.5) is 0 Å². The van der Waals surface area contributed by atoms with Crippen LogP contribution >= 0.6 is 0 Å². The minimum absolute atomic E-state index is 1.09. The van der Waals surface area contributed by atoms with Gasteiger partial charge in [-0.1, -0.05) is 26.8 Å². The van der Waals surface area contributed by atoms with Gasteiger partial charge in [0.05, 0.1) is 0 Å². The number of aryl methyl sites for hydroxylation is 1. The molecule has 0 aromatic carbocycles. The third-order valence-electron chi connectivity index (χ3n) is 2.01. The smallest absolute Gasteiger partial charge is 0.0452 e. The molecule has 2 aromatic rings. The summed E-state index contributed by atoms with van der Waals surface area (Å²) in [6.45, 7) is 6.18. The molecule has 0 amide bonds. The van der Waals surface area contributed by atoms with E-state index in [0.717, 1.165) is 6.42 Å². The first kappa shape index (κ1) is 9.85. The maximum Gasteiger partial charge on any atom is 0.0452 e. The van der Waals surface area contributed by atoms with Gasteiger partial charge in [0.25, 0.3) is 0 Å². The molecule has 0 N–H and O–H groups in total.